The number of hydrogen-bond donors (Lipinski definition) is 1. The molecule has 0 fully saturated rings. The van der Waals surface area contributed by atoms with Crippen LogP contribution in [0.2, 0.25) is 0 Å². The Kier molecular flexibility index (Phi) is 4.05. The highest BCUT2D eigenvalue weighted by molar-refractivity contribution is 7.16. The van der Waals surface area contributed by atoms with E-state index in [9.17, 15) is 9.90 Å². The molecular formula is C12H18N4O3S. The van der Waals surface area contributed by atoms with Crippen LogP contribution < -0.4 is 0 Å². The Morgan fingerprint density at radius 1 is 1.50 bits per heavy atom. The summed E-state index contributed by atoms with van der Waals surface area (Å²) < 4.78 is 6.65. The normalized spacial score (nSPS) is 14.8. The van der Waals surface area contributed by atoms with E-state index in [1.165, 1.54) is 11.3 Å². The van der Waals surface area contributed by atoms with Crippen LogP contribution in [-0.4, -0.2) is 38.0 Å². The molecule has 0 saturated heterocycles. The predicted octanol–water partition coefficient (Wildman–Crippen LogP) is 1.62. The SMILES string of the molecule is COCc1nnc2sc(CC(C)(C(=O)O)C(C)C)nn12. The van der Waals surface area contributed by atoms with Gasteiger partial charge < -0.3 is 9.84 Å². The van der Waals surface area contributed by atoms with Crippen LogP contribution in [0.15, 0.2) is 0 Å². The highest BCUT2D eigenvalue weighted by Gasteiger charge is 2.38. The van der Waals surface area contributed by atoms with Gasteiger partial charge in [-0.2, -0.15) is 9.61 Å². The third-order valence-electron chi connectivity index (χ3n) is 3.65. The van der Waals surface area contributed by atoms with Gasteiger partial charge in [-0.3, -0.25) is 4.79 Å². The van der Waals surface area contributed by atoms with Crippen LogP contribution in [0.1, 0.15) is 31.6 Å². The summed E-state index contributed by atoms with van der Waals surface area (Å²) in [7, 11) is 1.58. The molecule has 0 aliphatic rings. The number of nitrogens with zero attached hydrogens (tertiary/aromatic N) is 4. The Morgan fingerprint density at radius 3 is 2.75 bits per heavy atom. The van der Waals surface area contributed by atoms with Crippen LogP contribution in [0.4, 0.5) is 0 Å². The minimum Gasteiger partial charge on any atom is -0.481 e. The first kappa shape index (κ1) is 14.9. The number of rotatable bonds is 6. The first-order valence-electron chi connectivity index (χ1n) is 6.30. The molecule has 110 valence electrons. The predicted molar refractivity (Wildman–Crippen MR) is 73.7 cm³/mol. The van der Waals surface area contributed by atoms with Crippen LogP contribution in [0, 0.1) is 11.3 Å². The number of methoxy groups -OCH3 is 1. The van der Waals surface area contributed by atoms with Crippen LogP contribution in [0.25, 0.3) is 4.96 Å². The maximum absolute atomic E-state index is 11.5. The Hall–Kier alpha value is -1.54. The van der Waals surface area contributed by atoms with Gasteiger partial charge >= 0.3 is 5.97 Å². The fraction of sp³-hybridized carbons (Fsp3) is 0.667. The van der Waals surface area contributed by atoms with Crippen molar-refractivity contribution < 1.29 is 14.6 Å². The molecule has 2 rings (SSSR count). The fourth-order valence-electron chi connectivity index (χ4n) is 1.83. The summed E-state index contributed by atoms with van der Waals surface area (Å²) in [4.78, 5) is 12.2. The quantitative estimate of drug-likeness (QED) is 0.871. The molecule has 2 aromatic rings. The number of hydrogen-bond acceptors (Lipinski definition) is 6. The highest BCUT2D eigenvalue weighted by atomic mass is 32.1. The second-order valence-electron chi connectivity index (χ2n) is 5.29. The van der Waals surface area contributed by atoms with Crippen molar-refractivity contribution >= 4 is 22.3 Å². The van der Waals surface area contributed by atoms with Gasteiger partial charge in [-0.25, -0.2) is 0 Å². The highest BCUT2D eigenvalue weighted by Crippen LogP contribution is 2.33. The summed E-state index contributed by atoms with van der Waals surface area (Å²) in [5.41, 5.74) is -0.843. The summed E-state index contributed by atoms with van der Waals surface area (Å²) in [5.74, 6) is -0.185. The van der Waals surface area contributed by atoms with Crippen molar-refractivity contribution in [3.05, 3.63) is 10.8 Å². The molecule has 2 heterocycles. The number of aliphatic carboxylic acids is 1. The lowest BCUT2D eigenvalue weighted by Gasteiger charge is -2.27. The molecule has 0 amide bonds. The standard InChI is InChI=1S/C12H18N4O3S/c1-7(2)12(3,10(17)18)5-9-15-16-8(6-19-4)13-14-11(16)20-9/h7H,5-6H2,1-4H3,(H,17,18). The van der Waals surface area contributed by atoms with E-state index >= 15 is 0 Å². The molecule has 0 radical (unpaired) electrons. The van der Waals surface area contributed by atoms with Gasteiger partial charge in [0.25, 0.3) is 0 Å². The van der Waals surface area contributed by atoms with Crippen molar-refractivity contribution in [3.8, 4) is 0 Å². The molecule has 7 nitrogen and oxygen atoms in total. The molecule has 20 heavy (non-hydrogen) atoms. The minimum absolute atomic E-state index is 0.00721. The second-order valence-corrected chi connectivity index (χ2v) is 6.33. The first-order valence-corrected chi connectivity index (χ1v) is 7.12. The van der Waals surface area contributed by atoms with Crippen LogP contribution >= 0.6 is 11.3 Å². The fourth-order valence-corrected chi connectivity index (χ4v) is 2.85. The summed E-state index contributed by atoms with van der Waals surface area (Å²) in [6, 6.07) is 0. The van der Waals surface area contributed by atoms with Gasteiger partial charge in [-0.1, -0.05) is 25.2 Å². The topological polar surface area (TPSA) is 89.6 Å². The van der Waals surface area contributed by atoms with E-state index in [-0.39, 0.29) is 5.92 Å². The maximum Gasteiger partial charge on any atom is 0.310 e. The Morgan fingerprint density at radius 2 is 2.20 bits per heavy atom. The van der Waals surface area contributed by atoms with E-state index < -0.39 is 11.4 Å². The lowest BCUT2D eigenvalue weighted by Crippen LogP contribution is -2.35. The average Bonchev–Trinajstić information content (AvgIpc) is 2.90. The van der Waals surface area contributed by atoms with Crippen molar-refractivity contribution in [2.45, 2.75) is 33.8 Å². The van der Waals surface area contributed by atoms with E-state index in [0.717, 1.165) is 5.01 Å². The molecule has 8 heteroatoms. The lowest BCUT2D eigenvalue weighted by molar-refractivity contribution is -0.150. The molecule has 0 aliphatic carbocycles. The third-order valence-corrected chi connectivity index (χ3v) is 4.55. The third kappa shape index (κ3) is 2.53. The van der Waals surface area contributed by atoms with Gasteiger partial charge in [0.05, 0.1) is 5.41 Å². The molecule has 1 N–H and O–H groups in total. The molecule has 2 aromatic heterocycles. The van der Waals surface area contributed by atoms with Crippen molar-refractivity contribution in [1.29, 1.82) is 0 Å². The monoisotopic (exact) mass is 298 g/mol. The molecular weight excluding hydrogens is 280 g/mol. The summed E-state index contributed by atoms with van der Waals surface area (Å²) in [6.45, 7) is 5.89. The van der Waals surface area contributed by atoms with Crippen molar-refractivity contribution in [1.82, 2.24) is 19.8 Å². The van der Waals surface area contributed by atoms with Gasteiger partial charge in [-0.05, 0) is 12.8 Å². The second kappa shape index (κ2) is 5.45. The molecule has 1 atom stereocenters. The van der Waals surface area contributed by atoms with Gasteiger partial charge in [0.2, 0.25) is 4.96 Å². The minimum atomic E-state index is -0.843. The number of aromatic nitrogens is 4. The van der Waals surface area contributed by atoms with E-state index in [2.05, 4.69) is 15.3 Å². The van der Waals surface area contributed by atoms with Crippen molar-refractivity contribution in [3.63, 3.8) is 0 Å². The van der Waals surface area contributed by atoms with Crippen LogP contribution in [0.5, 0.6) is 0 Å². The number of fused-ring (bicyclic) bond motifs is 1. The van der Waals surface area contributed by atoms with Gasteiger partial charge in [-0.15, -0.1) is 10.2 Å². The summed E-state index contributed by atoms with van der Waals surface area (Å²) in [5, 5.41) is 22.6. The van der Waals surface area contributed by atoms with E-state index in [1.807, 2.05) is 13.8 Å². The average molecular weight is 298 g/mol. The number of carboxylic acids is 1. The van der Waals surface area contributed by atoms with E-state index in [0.29, 0.717) is 23.8 Å². The molecule has 0 aromatic carbocycles. The Balaban J connectivity index is 2.32. The van der Waals surface area contributed by atoms with Gasteiger partial charge in [0.15, 0.2) is 5.82 Å². The lowest BCUT2D eigenvalue weighted by atomic mass is 9.76. The van der Waals surface area contributed by atoms with E-state index in [4.69, 9.17) is 4.74 Å². The zero-order valence-electron chi connectivity index (χ0n) is 12.0. The number of ether oxygens (including phenoxy) is 1. The molecule has 0 aliphatic heterocycles. The summed E-state index contributed by atoms with van der Waals surface area (Å²) >= 11 is 1.37. The molecule has 1 unspecified atom stereocenters. The van der Waals surface area contributed by atoms with Crippen LogP contribution in [0.3, 0.4) is 0 Å². The molecule has 0 saturated carbocycles. The largest absolute Gasteiger partial charge is 0.481 e. The van der Waals surface area contributed by atoms with Crippen molar-refractivity contribution in [2.24, 2.45) is 11.3 Å². The summed E-state index contributed by atoms with van der Waals surface area (Å²) in [6.07, 6.45) is 0.375. The molecule has 0 spiro atoms. The first-order chi connectivity index (χ1) is 9.38. The Labute approximate surface area is 120 Å². The maximum atomic E-state index is 11.5. The van der Waals surface area contributed by atoms with Gasteiger partial charge in [0, 0.05) is 13.5 Å². The smallest absolute Gasteiger partial charge is 0.310 e. The van der Waals surface area contributed by atoms with Gasteiger partial charge in [0.1, 0.15) is 11.6 Å². The number of carboxylic acid groups (broad SMARTS) is 1. The molecule has 0 bridgehead atoms. The van der Waals surface area contributed by atoms with Crippen LogP contribution in [-0.2, 0) is 22.6 Å². The zero-order chi connectivity index (χ0) is 14.9. The zero-order valence-corrected chi connectivity index (χ0v) is 12.8. The van der Waals surface area contributed by atoms with Crippen molar-refractivity contribution in [2.75, 3.05) is 7.11 Å². The Bertz CT molecular complexity index is 621. The number of carbonyl (C=O) groups is 1. The van der Waals surface area contributed by atoms with E-state index in [1.54, 1.807) is 18.5 Å².